The van der Waals surface area contributed by atoms with Crippen LogP contribution in [0.1, 0.15) is 79.6 Å². The maximum atomic E-state index is 13.8. The van der Waals surface area contributed by atoms with Gasteiger partial charge >= 0.3 is 11.9 Å². The van der Waals surface area contributed by atoms with Crippen molar-refractivity contribution in [2.24, 2.45) is 23.2 Å². The van der Waals surface area contributed by atoms with Gasteiger partial charge in [0, 0.05) is 46.0 Å². The Labute approximate surface area is 333 Å². The van der Waals surface area contributed by atoms with Crippen molar-refractivity contribution in [2.45, 2.75) is 177 Å². The second-order valence-corrected chi connectivity index (χ2v) is 17.6. The minimum absolute atomic E-state index is 0.119. The van der Waals surface area contributed by atoms with Crippen LogP contribution in [-0.4, -0.2) is 146 Å². The molecule has 20 atom stereocenters. The van der Waals surface area contributed by atoms with Crippen LogP contribution in [0.25, 0.3) is 0 Å². The molecule has 0 aromatic carbocycles. The summed E-state index contributed by atoms with van der Waals surface area (Å²) in [6.07, 6.45) is -2.22. The molecule has 8 rings (SSSR count). The van der Waals surface area contributed by atoms with Crippen LogP contribution in [0.2, 0.25) is 0 Å². The zero-order valence-electron chi connectivity index (χ0n) is 33.9. The molecule has 0 spiro atoms. The van der Waals surface area contributed by atoms with Crippen LogP contribution in [0, 0.1) is 23.2 Å². The van der Waals surface area contributed by atoms with Gasteiger partial charge in [-0.05, 0) is 57.8 Å². The van der Waals surface area contributed by atoms with Crippen LogP contribution in [-0.2, 0) is 61.7 Å². The zero-order chi connectivity index (χ0) is 40.6. The van der Waals surface area contributed by atoms with Gasteiger partial charge in [0.05, 0.1) is 67.3 Å². The topological polar surface area (TPSA) is 196 Å². The van der Waals surface area contributed by atoms with Gasteiger partial charge in [-0.3, -0.25) is 4.79 Å². The van der Waals surface area contributed by atoms with Crippen molar-refractivity contribution < 1.29 is 77.0 Å². The van der Waals surface area contributed by atoms with Crippen molar-refractivity contribution in [3.05, 3.63) is 23.3 Å². The van der Waals surface area contributed by atoms with E-state index in [0.29, 0.717) is 44.1 Å². The number of methoxy groups -OCH3 is 2. The molecule has 6 heterocycles. The number of aliphatic hydroxyl groups is 3. The Hall–Kier alpha value is -2.06. The summed E-state index contributed by atoms with van der Waals surface area (Å²) in [6, 6.07) is 0. The lowest BCUT2D eigenvalue weighted by atomic mass is 9.55. The Bertz CT molecular complexity index is 1560. The third-order valence-corrected chi connectivity index (χ3v) is 14.1. The summed E-state index contributed by atoms with van der Waals surface area (Å²) >= 11 is 0. The van der Waals surface area contributed by atoms with Crippen LogP contribution in [0.15, 0.2) is 23.3 Å². The number of allylic oxidation sites excluding steroid dienone is 1. The fourth-order valence-electron chi connectivity index (χ4n) is 10.9. The SMILES string of the molecule is COC1CC(OC2C(O)CC(OC3C(C)OC(OC4CCC5(C)C(=CC(O)C6C(=O)OC7COC8(C)OC(=O)C(=CCC65)C78)C4)CC3OC)OC2C)OC(C)C1O. The largest absolute Gasteiger partial charge is 0.459 e. The van der Waals surface area contributed by atoms with Gasteiger partial charge < -0.3 is 67.4 Å². The van der Waals surface area contributed by atoms with E-state index in [4.69, 9.17) is 52.1 Å². The number of carbonyl (C=O) groups is 2. The van der Waals surface area contributed by atoms with Gasteiger partial charge in [-0.2, -0.15) is 0 Å². The lowest BCUT2D eigenvalue weighted by Gasteiger charge is -2.51. The van der Waals surface area contributed by atoms with E-state index in [1.54, 1.807) is 27.0 Å². The number of esters is 2. The summed E-state index contributed by atoms with van der Waals surface area (Å²) in [4.78, 5) is 26.7. The number of hydrogen-bond acceptors (Lipinski definition) is 16. The average Bonchev–Trinajstić information content (AvgIpc) is 3.62. The molecule has 8 aliphatic rings. The second-order valence-electron chi connectivity index (χ2n) is 17.6. The molecule has 16 nitrogen and oxygen atoms in total. The molecule has 3 N–H and O–H groups in total. The van der Waals surface area contributed by atoms with E-state index in [2.05, 4.69) is 6.92 Å². The molecule has 0 radical (unpaired) electrons. The van der Waals surface area contributed by atoms with E-state index in [9.17, 15) is 24.9 Å². The Morgan fingerprint density at radius 3 is 2.19 bits per heavy atom. The Balaban J connectivity index is 0.878. The van der Waals surface area contributed by atoms with Gasteiger partial charge in [0.25, 0.3) is 0 Å². The maximum absolute atomic E-state index is 13.8. The fourth-order valence-corrected chi connectivity index (χ4v) is 10.9. The maximum Gasteiger partial charge on any atom is 0.336 e. The molecule has 57 heavy (non-hydrogen) atoms. The third-order valence-electron chi connectivity index (χ3n) is 14.1. The van der Waals surface area contributed by atoms with Gasteiger partial charge in [-0.25, -0.2) is 4.79 Å². The third kappa shape index (κ3) is 7.65. The number of aliphatic hydroxyl groups excluding tert-OH is 3. The number of rotatable bonds is 8. The quantitative estimate of drug-likeness (QED) is 0.238. The average molecular weight is 809 g/mol. The van der Waals surface area contributed by atoms with E-state index in [1.807, 2.05) is 19.9 Å². The molecule has 20 unspecified atom stereocenters. The van der Waals surface area contributed by atoms with Gasteiger partial charge in [0.2, 0.25) is 5.79 Å². The summed E-state index contributed by atoms with van der Waals surface area (Å²) < 4.78 is 66.3. The molecule has 0 aromatic heterocycles. The smallest absolute Gasteiger partial charge is 0.336 e. The van der Waals surface area contributed by atoms with Crippen molar-refractivity contribution in [3.8, 4) is 0 Å². The van der Waals surface area contributed by atoms with E-state index in [1.165, 1.54) is 7.11 Å². The highest BCUT2D eigenvalue weighted by molar-refractivity contribution is 5.92. The molecule has 0 aromatic rings. The van der Waals surface area contributed by atoms with Crippen LogP contribution >= 0.6 is 0 Å². The highest BCUT2D eigenvalue weighted by atomic mass is 16.8. The van der Waals surface area contributed by atoms with Crippen molar-refractivity contribution in [1.29, 1.82) is 0 Å². The molecule has 0 bridgehead atoms. The molecule has 1 saturated carbocycles. The van der Waals surface area contributed by atoms with Crippen molar-refractivity contribution in [2.75, 3.05) is 20.8 Å². The van der Waals surface area contributed by atoms with Crippen LogP contribution in [0.3, 0.4) is 0 Å². The van der Waals surface area contributed by atoms with Crippen molar-refractivity contribution >= 4 is 11.9 Å². The zero-order valence-corrected chi connectivity index (χ0v) is 33.9. The van der Waals surface area contributed by atoms with E-state index in [-0.39, 0.29) is 25.0 Å². The lowest BCUT2D eigenvalue weighted by Crippen LogP contribution is -2.56. The molecule has 6 fully saturated rings. The normalized spacial score (nSPS) is 51.2. The minimum Gasteiger partial charge on any atom is -0.459 e. The molecular formula is C41H60O16. The molecule has 6 aliphatic heterocycles. The van der Waals surface area contributed by atoms with Crippen molar-refractivity contribution in [3.63, 3.8) is 0 Å². The van der Waals surface area contributed by atoms with E-state index in [0.717, 1.165) is 5.57 Å². The first-order chi connectivity index (χ1) is 27.1. The summed E-state index contributed by atoms with van der Waals surface area (Å²) in [5, 5.41) is 33.0. The lowest BCUT2D eigenvalue weighted by molar-refractivity contribution is -0.337. The minimum atomic E-state index is -1.17. The predicted molar refractivity (Wildman–Crippen MR) is 195 cm³/mol. The van der Waals surface area contributed by atoms with Crippen LogP contribution in [0.5, 0.6) is 0 Å². The number of fused-ring (bicyclic) bond motifs is 3. The monoisotopic (exact) mass is 808 g/mol. The van der Waals surface area contributed by atoms with Gasteiger partial charge in [-0.15, -0.1) is 0 Å². The second kappa shape index (κ2) is 16.1. The molecule has 320 valence electrons. The predicted octanol–water partition coefficient (Wildman–Crippen LogP) is 2.18. The number of hydrogen-bond donors (Lipinski definition) is 3. The summed E-state index contributed by atoms with van der Waals surface area (Å²) in [7, 11) is 3.16. The molecule has 16 heteroatoms. The molecular weight excluding hydrogens is 748 g/mol. The van der Waals surface area contributed by atoms with Gasteiger partial charge in [0.1, 0.15) is 24.4 Å². The Morgan fingerprint density at radius 2 is 1.47 bits per heavy atom. The fraction of sp³-hybridized carbons (Fsp3) is 0.854. The standard InChI is InChI=1S/C41H60O16/c1-18-35(44)27(47-6)15-32(50-18)55-36-19(2)51-30(14-26(36)43)56-37-20(3)52-31(16-28(37)48-7)53-22-10-11-40(4)21(12-22)13-25(42)33-24(40)9-8-23-34-29(54-39(33)46)17-49-41(34,5)57-38(23)45/h8,13,18-20,22,24-37,42-44H,9-12,14-17H2,1-7H3. The van der Waals surface area contributed by atoms with E-state index < -0.39 is 121 Å². The Morgan fingerprint density at radius 1 is 0.825 bits per heavy atom. The van der Waals surface area contributed by atoms with Gasteiger partial charge in [-0.1, -0.05) is 24.6 Å². The summed E-state index contributed by atoms with van der Waals surface area (Å²) in [5.41, 5.74) is 1.04. The van der Waals surface area contributed by atoms with E-state index >= 15 is 0 Å². The molecule has 2 aliphatic carbocycles. The summed E-state index contributed by atoms with van der Waals surface area (Å²) in [6.45, 7) is 9.42. The number of carbonyl (C=O) groups excluding carboxylic acids is 2. The Kier molecular flexibility index (Phi) is 11.8. The van der Waals surface area contributed by atoms with Gasteiger partial charge in [0.15, 0.2) is 18.9 Å². The number of ether oxygens (including phenoxy) is 11. The first-order valence-corrected chi connectivity index (χ1v) is 20.6. The first-order valence-electron chi connectivity index (χ1n) is 20.6. The molecule has 5 saturated heterocycles. The van der Waals surface area contributed by atoms with Crippen LogP contribution in [0.4, 0.5) is 0 Å². The van der Waals surface area contributed by atoms with Crippen molar-refractivity contribution in [1.82, 2.24) is 0 Å². The summed E-state index contributed by atoms with van der Waals surface area (Å²) in [5.74, 6) is -3.72. The molecule has 0 amide bonds. The highest BCUT2D eigenvalue weighted by Crippen LogP contribution is 2.56. The first kappa shape index (κ1) is 41.7. The van der Waals surface area contributed by atoms with Crippen LogP contribution < -0.4 is 0 Å². The highest BCUT2D eigenvalue weighted by Gasteiger charge is 2.62.